The van der Waals surface area contributed by atoms with Crippen LogP contribution in [0.3, 0.4) is 0 Å². The molecule has 6 heteroatoms. The molecule has 2 aromatic heterocycles. The van der Waals surface area contributed by atoms with Crippen molar-refractivity contribution in [2.45, 2.75) is 52.0 Å². The molecule has 39 heavy (non-hydrogen) atoms. The minimum atomic E-state index is 0.0649. The number of nitrogens with zero attached hydrogens (tertiary/aromatic N) is 4. The number of ether oxygens (including phenoxy) is 1. The summed E-state index contributed by atoms with van der Waals surface area (Å²) in [6, 6.07) is 28.0. The van der Waals surface area contributed by atoms with Crippen LogP contribution in [0.5, 0.6) is 11.5 Å². The van der Waals surface area contributed by atoms with Gasteiger partial charge in [0, 0.05) is 6.20 Å². The zero-order valence-electron chi connectivity index (χ0n) is 23.1. The van der Waals surface area contributed by atoms with Crippen molar-refractivity contribution >= 4 is 22.5 Å². The minimum absolute atomic E-state index is 0.0649. The number of aromatic nitrogens is 3. The predicted molar refractivity (Wildman–Crippen MR) is 155 cm³/mol. The van der Waals surface area contributed by atoms with Crippen LogP contribution in [0.4, 0.5) is 11.5 Å². The Hall–Kier alpha value is -3.43. The van der Waals surface area contributed by atoms with E-state index in [1.165, 1.54) is 27.8 Å². The molecule has 0 spiro atoms. The molecule has 1 unspecified atom stereocenters. The number of para-hydroxylation sites is 2. The first-order valence-electron chi connectivity index (χ1n) is 13.5. The first-order chi connectivity index (χ1) is 18.7. The molecule has 0 amide bonds. The smallest absolute Gasteiger partial charge is 0.0561 e. The van der Waals surface area contributed by atoms with Crippen molar-refractivity contribution in [2.75, 3.05) is 4.90 Å². The van der Waals surface area contributed by atoms with E-state index < -0.39 is 0 Å². The van der Waals surface area contributed by atoms with Gasteiger partial charge in [-0.3, -0.25) is 0 Å². The van der Waals surface area contributed by atoms with Gasteiger partial charge in [-0.15, -0.1) is 0 Å². The van der Waals surface area contributed by atoms with Crippen molar-refractivity contribution in [3.8, 4) is 17.2 Å². The summed E-state index contributed by atoms with van der Waals surface area (Å²) in [5.74, 6) is 2.64. The number of imidazole rings is 1. The van der Waals surface area contributed by atoms with Crippen LogP contribution in [0.15, 0.2) is 85.1 Å². The van der Waals surface area contributed by atoms with Gasteiger partial charge in [-0.25, -0.2) is 0 Å². The molecule has 0 bridgehead atoms. The van der Waals surface area contributed by atoms with Crippen LogP contribution in [0, 0.1) is 3.80 Å². The first kappa shape index (κ1) is 25.8. The monoisotopic (exact) mass is 697 g/mol. The number of fused-ring (bicyclic) bond motifs is 2. The number of aryl methyl sites for hydroxylation is 2. The van der Waals surface area contributed by atoms with Gasteiger partial charge in [-0.2, -0.15) is 0 Å². The first-order valence-corrected chi connectivity index (χ1v) is 14.6. The van der Waals surface area contributed by atoms with Crippen LogP contribution in [0.25, 0.3) is 16.7 Å². The summed E-state index contributed by atoms with van der Waals surface area (Å²) in [5, 5.41) is 0. The molecule has 1 aliphatic heterocycles. The molecule has 6 rings (SSSR count). The second-order valence-electron chi connectivity index (χ2n) is 11.4. The van der Waals surface area contributed by atoms with Gasteiger partial charge in [0.25, 0.3) is 0 Å². The molecule has 0 saturated heterocycles. The van der Waals surface area contributed by atoms with Gasteiger partial charge in [-0.1, -0.05) is 20.8 Å². The van der Waals surface area contributed by atoms with Gasteiger partial charge in [0.2, 0.25) is 0 Å². The molecule has 0 fully saturated rings. The zero-order chi connectivity index (χ0) is 27.3. The maximum absolute atomic E-state index is 6.49. The Morgan fingerprint density at radius 3 is 2.46 bits per heavy atom. The van der Waals surface area contributed by atoms with E-state index in [0.29, 0.717) is 6.04 Å². The molecule has 0 aliphatic carbocycles. The van der Waals surface area contributed by atoms with Crippen LogP contribution in [0.2, 0.25) is 0 Å². The standard InChI is InChI=1S/C33H34N4O.Pt/c1-23-13-14-24-15-16-28(21-31(24)37(23)32-19-25(17-18-34-32)33(2,3)4)38-27-10-8-9-26(20-27)36-22-35(5)29-11-6-7-12-30(29)36;/h6-12,15-21,23H,13-14H2,1-5H3;. The van der Waals surface area contributed by atoms with E-state index in [0.717, 1.165) is 39.7 Å². The molecule has 0 saturated carbocycles. The Morgan fingerprint density at radius 1 is 0.897 bits per heavy atom. The van der Waals surface area contributed by atoms with Crippen molar-refractivity contribution in [1.82, 2.24) is 14.1 Å². The third kappa shape index (κ3) is 4.78. The molecule has 0 radical (unpaired) electrons. The van der Waals surface area contributed by atoms with Gasteiger partial charge in [0.1, 0.15) is 0 Å². The summed E-state index contributed by atoms with van der Waals surface area (Å²) in [7, 11) is 2.10. The maximum atomic E-state index is 6.49. The van der Waals surface area contributed by atoms with Crippen molar-refractivity contribution in [3.05, 3.63) is 100.0 Å². The van der Waals surface area contributed by atoms with Crippen LogP contribution in [-0.2, 0) is 38.2 Å². The minimum Gasteiger partial charge on any atom is -0.0561 e. The SMILES string of the molecule is CC1CCc2ccc(Oc3cccc(-n4[c](=[Pt])n(C)c5ccccc54)c3)cc2N1c1cc(C(C)(C)C)ccn1. The topological polar surface area (TPSA) is 35.2 Å². The Morgan fingerprint density at radius 2 is 1.67 bits per heavy atom. The van der Waals surface area contributed by atoms with E-state index in [9.17, 15) is 0 Å². The zero-order valence-corrected chi connectivity index (χ0v) is 25.4. The second-order valence-corrected chi connectivity index (χ2v) is 12.4. The number of pyridine rings is 1. The van der Waals surface area contributed by atoms with E-state index in [-0.39, 0.29) is 5.41 Å². The molecule has 3 heterocycles. The molecule has 3 aromatic carbocycles. The molecular weight excluding hydrogens is 663 g/mol. The van der Waals surface area contributed by atoms with Gasteiger partial charge in [-0.05, 0) is 17.0 Å². The predicted octanol–water partition coefficient (Wildman–Crippen LogP) is 8.01. The van der Waals surface area contributed by atoms with E-state index in [1.807, 2.05) is 12.3 Å². The fourth-order valence-corrected chi connectivity index (χ4v) is 6.31. The number of hydrogen-bond donors (Lipinski definition) is 0. The second kappa shape index (κ2) is 9.95. The Bertz CT molecular complexity index is 1740. The summed E-state index contributed by atoms with van der Waals surface area (Å²) in [6.07, 6.45) is 4.09. The van der Waals surface area contributed by atoms with Crippen molar-refractivity contribution < 1.29 is 24.1 Å². The molecule has 5 nitrogen and oxygen atoms in total. The van der Waals surface area contributed by atoms with E-state index in [2.05, 4.69) is 141 Å². The number of benzene rings is 3. The van der Waals surface area contributed by atoms with Gasteiger partial charge in [0.15, 0.2) is 0 Å². The number of anilines is 2. The molecule has 202 valence electrons. The average molecular weight is 698 g/mol. The molecular formula is C33H34N4OPt. The van der Waals surface area contributed by atoms with Gasteiger partial charge < -0.3 is 0 Å². The number of hydrogen-bond acceptors (Lipinski definition) is 3. The number of rotatable bonds is 4. The van der Waals surface area contributed by atoms with E-state index in [1.54, 1.807) is 0 Å². The Kier molecular flexibility index (Phi) is 6.59. The molecule has 1 aliphatic rings. The molecule has 1 atom stereocenters. The fourth-order valence-electron chi connectivity index (χ4n) is 5.47. The summed E-state index contributed by atoms with van der Waals surface area (Å²) in [6.45, 7) is 9.03. The Balaban J connectivity index is 1.36. The van der Waals surface area contributed by atoms with E-state index >= 15 is 0 Å². The summed E-state index contributed by atoms with van der Waals surface area (Å²) < 4.78 is 12.1. The molecule has 5 aromatic rings. The van der Waals surface area contributed by atoms with Crippen LogP contribution < -0.4 is 9.64 Å². The summed E-state index contributed by atoms with van der Waals surface area (Å²) >= 11 is 2.39. The molecule has 0 N–H and O–H groups in total. The van der Waals surface area contributed by atoms with Gasteiger partial charge >= 0.3 is 198 Å². The van der Waals surface area contributed by atoms with Crippen LogP contribution in [0.1, 0.15) is 45.2 Å². The van der Waals surface area contributed by atoms with Crippen LogP contribution in [-0.4, -0.2) is 20.2 Å². The summed E-state index contributed by atoms with van der Waals surface area (Å²) in [4.78, 5) is 7.18. The van der Waals surface area contributed by atoms with Crippen LogP contribution >= 0.6 is 0 Å². The normalized spacial score (nSPS) is 15.5. The fraction of sp³-hybridized carbons (Fsp3) is 0.273. The van der Waals surface area contributed by atoms with Crippen molar-refractivity contribution in [1.29, 1.82) is 0 Å². The third-order valence-corrected chi connectivity index (χ3v) is 8.94. The Labute approximate surface area is 241 Å². The third-order valence-electron chi connectivity index (χ3n) is 7.67. The van der Waals surface area contributed by atoms with E-state index in [4.69, 9.17) is 9.72 Å². The van der Waals surface area contributed by atoms with Gasteiger partial charge in [0.05, 0.1) is 0 Å². The average Bonchev–Trinajstić information content (AvgIpc) is 3.18. The quantitative estimate of drug-likeness (QED) is 0.191. The summed E-state index contributed by atoms with van der Waals surface area (Å²) in [5.41, 5.74) is 7.31. The van der Waals surface area contributed by atoms with Crippen molar-refractivity contribution in [3.63, 3.8) is 0 Å². The van der Waals surface area contributed by atoms with Crippen molar-refractivity contribution in [2.24, 2.45) is 7.05 Å².